The van der Waals surface area contributed by atoms with E-state index in [4.69, 9.17) is 5.11 Å². The molecule has 1 atom stereocenters. The van der Waals surface area contributed by atoms with Crippen LogP contribution in [0.3, 0.4) is 0 Å². The topological polar surface area (TPSA) is 95.5 Å². The van der Waals surface area contributed by atoms with Crippen molar-refractivity contribution < 1.29 is 18.3 Å². The Morgan fingerprint density at radius 3 is 2.59 bits per heavy atom. The van der Waals surface area contributed by atoms with Crippen LogP contribution in [-0.4, -0.2) is 56.7 Å². The number of hydrogen-bond acceptors (Lipinski definition) is 5. The second-order valence-corrected chi connectivity index (χ2v) is 6.50. The minimum Gasteiger partial charge on any atom is -0.396 e. The fourth-order valence-electron chi connectivity index (χ4n) is 1.53. The first-order chi connectivity index (χ1) is 7.96. The second-order valence-electron chi connectivity index (χ2n) is 4.39. The first-order valence-corrected chi connectivity index (χ1v) is 7.57. The van der Waals surface area contributed by atoms with Crippen LogP contribution in [-0.2, 0) is 14.6 Å². The third-order valence-corrected chi connectivity index (χ3v) is 4.25. The molecule has 6 nitrogen and oxygen atoms in total. The maximum absolute atomic E-state index is 11.7. The summed E-state index contributed by atoms with van der Waals surface area (Å²) in [5.74, 6) is -1.01. The van der Waals surface area contributed by atoms with Crippen molar-refractivity contribution in [2.24, 2.45) is 0 Å². The largest absolute Gasteiger partial charge is 0.396 e. The lowest BCUT2D eigenvalue weighted by Crippen LogP contribution is -2.38. The second kappa shape index (κ2) is 6.32. The molecule has 0 aromatic rings. The number of carbonyl (C=O) groups is 1. The summed E-state index contributed by atoms with van der Waals surface area (Å²) in [6, 6.07) is -0.131. The Morgan fingerprint density at radius 1 is 1.47 bits per heavy atom. The van der Waals surface area contributed by atoms with Crippen LogP contribution in [0, 0.1) is 0 Å². The SMILES string of the molecule is CNC(CCO)CS(=O)(=O)CC(=O)NC1CC1. The molecule has 17 heavy (non-hydrogen) atoms. The van der Waals surface area contributed by atoms with Crippen LogP contribution >= 0.6 is 0 Å². The highest BCUT2D eigenvalue weighted by Crippen LogP contribution is 2.18. The molecular formula is C10H20N2O4S. The van der Waals surface area contributed by atoms with E-state index in [9.17, 15) is 13.2 Å². The fourth-order valence-corrected chi connectivity index (χ4v) is 3.08. The molecule has 1 saturated carbocycles. The quantitative estimate of drug-likeness (QED) is 0.504. The minimum absolute atomic E-state index is 0.0741. The monoisotopic (exact) mass is 264 g/mol. The number of sulfone groups is 1. The van der Waals surface area contributed by atoms with Crippen LogP contribution < -0.4 is 10.6 Å². The number of rotatable bonds is 8. The Morgan fingerprint density at radius 2 is 2.12 bits per heavy atom. The average Bonchev–Trinajstić information content (AvgIpc) is 2.99. The Kier molecular flexibility index (Phi) is 5.35. The summed E-state index contributed by atoms with van der Waals surface area (Å²) in [5.41, 5.74) is 0. The molecule has 0 heterocycles. The van der Waals surface area contributed by atoms with Gasteiger partial charge in [0.25, 0.3) is 0 Å². The lowest BCUT2D eigenvalue weighted by molar-refractivity contribution is -0.118. The Hall–Kier alpha value is -0.660. The van der Waals surface area contributed by atoms with E-state index in [1.54, 1.807) is 7.05 Å². The first-order valence-electron chi connectivity index (χ1n) is 5.74. The molecule has 1 rings (SSSR count). The smallest absolute Gasteiger partial charge is 0.235 e. The highest BCUT2D eigenvalue weighted by Gasteiger charge is 2.26. The van der Waals surface area contributed by atoms with Gasteiger partial charge >= 0.3 is 0 Å². The predicted octanol–water partition coefficient (Wildman–Crippen LogP) is -1.35. The Bertz CT molecular complexity index is 351. The standard InChI is InChI=1S/C10H20N2O4S/c1-11-9(4-5-13)6-17(15,16)7-10(14)12-8-2-3-8/h8-9,11,13H,2-7H2,1H3,(H,12,14). The van der Waals surface area contributed by atoms with E-state index >= 15 is 0 Å². The summed E-state index contributed by atoms with van der Waals surface area (Å²) in [6.45, 7) is -0.0741. The summed E-state index contributed by atoms with van der Waals surface area (Å²) < 4.78 is 23.4. The molecule has 0 saturated heterocycles. The third-order valence-electron chi connectivity index (χ3n) is 2.63. The molecule has 1 aliphatic rings. The van der Waals surface area contributed by atoms with Crippen LogP contribution in [0.15, 0.2) is 0 Å². The van der Waals surface area contributed by atoms with Crippen LogP contribution in [0.1, 0.15) is 19.3 Å². The number of aliphatic hydroxyl groups is 1. The molecule has 0 aliphatic heterocycles. The van der Waals surface area contributed by atoms with Crippen molar-refractivity contribution in [3.8, 4) is 0 Å². The van der Waals surface area contributed by atoms with Crippen LogP contribution in [0.4, 0.5) is 0 Å². The van der Waals surface area contributed by atoms with Gasteiger partial charge in [-0.1, -0.05) is 0 Å². The fraction of sp³-hybridized carbons (Fsp3) is 0.900. The van der Waals surface area contributed by atoms with Crippen molar-refractivity contribution in [2.45, 2.75) is 31.3 Å². The predicted molar refractivity (Wildman–Crippen MR) is 64.4 cm³/mol. The Balaban J connectivity index is 2.40. The highest BCUT2D eigenvalue weighted by atomic mass is 32.2. The highest BCUT2D eigenvalue weighted by molar-refractivity contribution is 7.92. The van der Waals surface area contributed by atoms with Gasteiger partial charge in [0.05, 0.1) is 5.75 Å². The van der Waals surface area contributed by atoms with Crippen molar-refractivity contribution in [1.82, 2.24) is 10.6 Å². The number of amides is 1. The molecule has 3 N–H and O–H groups in total. The zero-order chi connectivity index (χ0) is 12.9. The molecule has 0 aromatic heterocycles. The van der Waals surface area contributed by atoms with Gasteiger partial charge in [-0.25, -0.2) is 8.42 Å². The first kappa shape index (κ1) is 14.4. The molecule has 1 amide bonds. The summed E-state index contributed by atoms with van der Waals surface area (Å²) in [4.78, 5) is 11.4. The van der Waals surface area contributed by atoms with E-state index in [1.807, 2.05) is 0 Å². The summed E-state index contributed by atoms with van der Waals surface area (Å²) in [5, 5.41) is 14.2. The summed E-state index contributed by atoms with van der Waals surface area (Å²) in [6.07, 6.45) is 2.24. The Labute approximate surface area is 102 Å². The molecular weight excluding hydrogens is 244 g/mol. The van der Waals surface area contributed by atoms with Crippen LogP contribution in [0.5, 0.6) is 0 Å². The molecule has 100 valence electrons. The summed E-state index contributed by atoms with van der Waals surface area (Å²) >= 11 is 0. The number of nitrogens with one attached hydrogen (secondary N) is 2. The van der Waals surface area contributed by atoms with Gasteiger partial charge in [0.2, 0.25) is 5.91 Å². The molecule has 1 fully saturated rings. The number of carbonyl (C=O) groups excluding carboxylic acids is 1. The van der Waals surface area contributed by atoms with Gasteiger partial charge in [0.1, 0.15) is 5.75 Å². The van der Waals surface area contributed by atoms with E-state index < -0.39 is 21.5 Å². The molecule has 7 heteroatoms. The van der Waals surface area contributed by atoms with Gasteiger partial charge in [-0.15, -0.1) is 0 Å². The van der Waals surface area contributed by atoms with Gasteiger partial charge in [-0.2, -0.15) is 0 Å². The molecule has 0 bridgehead atoms. The maximum Gasteiger partial charge on any atom is 0.235 e. The zero-order valence-electron chi connectivity index (χ0n) is 9.98. The van der Waals surface area contributed by atoms with Gasteiger partial charge in [0, 0.05) is 18.7 Å². The lowest BCUT2D eigenvalue weighted by atomic mass is 10.2. The number of hydrogen-bond donors (Lipinski definition) is 3. The molecule has 0 radical (unpaired) electrons. The van der Waals surface area contributed by atoms with E-state index in [2.05, 4.69) is 10.6 Å². The van der Waals surface area contributed by atoms with Gasteiger partial charge in [-0.05, 0) is 26.3 Å². The van der Waals surface area contributed by atoms with Gasteiger partial charge < -0.3 is 15.7 Å². The van der Waals surface area contributed by atoms with Crippen LogP contribution in [0.2, 0.25) is 0 Å². The normalized spacial score (nSPS) is 17.8. The van der Waals surface area contributed by atoms with Crippen molar-refractivity contribution in [2.75, 3.05) is 25.2 Å². The van der Waals surface area contributed by atoms with Crippen molar-refractivity contribution in [3.05, 3.63) is 0 Å². The third kappa shape index (κ3) is 5.99. The van der Waals surface area contributed by atoms with E-state index in [-0.39, 0.29) is 24.4 Å². The molecule has 0 spiro atoms. The van der Waals surface area contributed by atoms with Crippen LogP contribution in [0.25, 0.3) is 0 Å². The van der Waals surface area contributed by atoms with E-state index in [0.717, 1.165) is 12.8 Å². The van der Waals surface area contributed by atoms with Crippen molar-refractivity contribution in [3.63, 3.8) is 0 Å². The molecule has 1 aliphatic carbocycles. The van der Waals surface area contributed by atoms with Gasteiger partial charge in [0.15, 0.2) is 9.84 Å². The minimum atomic E-state index is -3.42. The van der Waals surface area contributed by atoms with E-state index in [0.29, 0.717) is 6.42 Å². The van der Waals surface area contributed by atoms with Gasteiger partial charge in [-0.3, -0.25) is 4.79 Å². The summed E-state index contributed by atoms with van der Waals surface area (Å²) in [7, 11) is -1.78. The average molecular weight is 264 g/mol. The number of aliphatic hydroxyl groups excluding tert-OH is 1. The zero-order valence-corrected chi connectivity index (χ0v) is 10.8. The van der Waals surface area contributed by atoms with Crippen molar-refractivity contribution in [1.29, 1.82) is 0 Å². The molecule has 1 unspecified atom stereocenters. The molecule has 0 aromatic carbocycles. The lowest BCUT2D eigenvalue weighted by Gasteiger charge is -2.14. The van der Waals surface area contributed by atoms with E-state index in [1.165, 1.54) is 0 Å². The van der Waals surface area contributed by atoms with Crippen molar-refractivity contribution >= 4 is 15.7 Å². The maximum atomic E-state index is 11.7.